The zero-order valence-corrected chi connectivity index (χ0v) is 31.1. The van der Waals surface area contributed by atoms with E-state index in [-0.39, 0.29) is 10.1 Å². The number of amidine groups is 1. The number of benzene rings is 1. The molecule has 12 nitrogen and oxygen atoms in total. The van der Waals surface area contributed by atoms with Gasteiger partial charge in [0.25, 0.3) is 5.91 Å². The Morgan fingerprint density at radius 1 is 1.08 bits per heavy atom. The molecule has 1 aromatic carbocycles. The summed E-state index contributed by atoms with van der Waals surface area (Å²) in [7, 11) is -2.71. The monoisotopic (exact) mass is 718 g/mol. The van der Waals surface area contributed by atoms with Crippen LogP contribution in [0, 0.1) is 20.8 Å². The molecule has 49 heavy (non-hydrogen) atoms. The molecule has 0 unspecified atom stereocenters. The molecule has 3 aromatic rings. The fourth-order valence-corrected chi connectivity index (χ4v) is 8.02. The molecular weight excluding hydrogens is 669 g/mol. The van der Waals surface area contributed by atoms with Crippen LogP contribution in [0.15, 0.2) is 38.0 Å². The van der Waals surface area contributed by atoms with E-state index in [1.807, 2.05) is 50.8 Å². The highest BCUT2D eigenvalue weighted by molar-refractivity contribution is 7.88. The summed E-state index contributed by atoms with van der Waals surface area (Å²) in [4.78, 5) is 21.1. The minimum atomic E-state index is -4.35. The highest BCUT2D eigenvalue weighted by Crippen LogP contribution is 2.41. The predicted octanol–water partition coefficient (Wildman–Crippen LogP) is 7.07. The molecule has 1 spiro atoms. The van der Waals surface area contributed by atoms with Crippen LogP contribution in [0.2, 0.25) is 0 Å². The van der Waals surface area contributed by atoms with Gasteiger partial charge in [0.1, 0.15) is 23.9 Å². The lowest BCUT2D eigenvalue weighted by molar-refractivity contribution is -0.131. The minimum absolute atomic E-state index is 0.0626. The van der Waals surface area contributed by atoms with Crippen molar-refractivity contribution in [3.05, 3.63) is 51.6 Å². The van der Waals surface area contributed by atoms with Crippen LogP contribution < -0.4 is 5.32 Å². The maximum atomic E-state index is 13.5. The number of ether oxygens (including phenoxy) is 3. The van der Waals surface area contributed by atoms with Gasteiger partial charge in [-0.1, -0.05) is 49.5 Å². The molecular formula is C35H50N4O8S2. The first kappa shape index (κ1) is 38.7. The van der Waals surface area contributed by atoms with Gasteiger partial charge in [-0.2, -0.15) is 8.42 Å². The zero-order chi connectivity index (χ0) is 35.6. The van der Waals surface area contributed by atoms with E-state index in [0.717, 1.165) is 95.3 Å². The van der Waals surface area contributed by atoms with E-state index >= 15 is 0 Å². The van der Waals surface area contributed by atoms with Crippen molar-refractivity contribution in [3.63, 3.8) is 0 Å². The van der Waals surface area contributed by atoms with E-state index in [4.69, 9.17) is 23.7 Å². The number of carbonyl (C=O) groups is 1. The number of thiophene rings is 1. The second-order valence-corrected chi connectivity index (χ2v) is 15.2. The number of carbonyl (C=O) groups excluding carboxylic acids is 1. The summed E-state index contributed by atoms with van der Waals surface area (Å²) in [5.74, 6) is 2.55. The summed E-state index contributed by atoms with van der Waals surface area (Å²) < 4.78 is 54.5. The van der Waals surface area contributed by atoms with Crippen LogP contribution in [0.5, 0.6) is 0 Å². The van der Waals surface area contributed by atoms with E-state index in [2.05, 4.69) is 17.4 Å². The molecule has 1 aliphatic heterocycles. The Morgan fingerprint density at radius 2 is 1.84 bits per heavy atom. The second-order valence-electron chi connectivity index (χ2n) is 12.4. The van der Waals surface area contributed by atoms with Gasteiger partial charge in [-0.25, -0.2) is 0 Å². The van der Waals surface area contributed by atoms with Crippen LogP contribution in [0.25, 0.3) is 11.1 Å². The van der Waals surface area contributed by atoms with Crippen LogP contribution >= 0.6 is 11.3 Å². The number of methoxy groups -OCH3 is 1. The number of amides is 1. The molecule has 2 aliphatic rings. The molecule has 5 rings (SSSR count). The first-order chi connectivity index (χ1) is 23.4. The van der Waals surface area contributed by atoms with Crippen molar-refractivity contribution >= 4 is 39.0 Å². The minimum Gasteiger partial charge on any atom is -0.382 e. The number of nitrogens with one attached hydrogen (secondary N) is 1. The molecule has 0 atom stereocenters. The number of hydrogen-bond donors (Lipinski definition) is 2. The SMILES string of the molecule is CCCCC1=NC2(CCCC2)C(=O)N1Cc1ccc(-c2cc(C)sc2S(=O)(=O)O)c(COCC)c1.COCCOCNc1noc(C)c1C. The topological polar surface area (TPSA) is 153 Å². The van der Waals surface area contributed by atoms with Crippen LogP contribution in [0.3, 0.4) is 0 Å². The average molecular weight is 719 g/mol. The molecule has 2 N–H and O–H groups in total. The molecule has 2 aromatic heterocycles. The first-order valence-corrected chi connectivity index (χ1v) is 19.1. The van der Waals surface area contributed by atoms with Crippen molar-refractivity contribution in [3.8, 4) is 11.1 Å². The van der Waals surface area contributed by atoms with Crippen LogP contribution in [0.4, 0.5) is 5.82 Å². The fraction of sp³-hybridized carbons (Fsp3) is 0.571. The Hall–Kier alpha value is -3.14. The van der Waals surface area contributed by atoms with Crippen molar-refractivity contribution in [2.45, 2.75) is 102 Å². The number of rotatable bonds is 16. The van der Waals surface area contributed by atoms with Gasteiger partial charge in [0.15, 0.2) is 10.0 Å². The number of anilines is 1. The van der Waals surface area contributed by atoms with Crippen molar-refractivity contribution in [2.75, 3.05) is 39.0 Å². The Balaban J connectivity index is 0.000000324. The zero-order valence-electron chi connectivity index (χ0n) is 29.5. The molecule has 0 bridgehead atoms. The molecule has 1 fully saturated rings. The first-order valence-electron chi connectivity index (χ1n) is 16.9. The summed E-state index contributed by atoms with van der Waals surface area (Å²) in [5.41, 5.74) is 3.39. The van der Waals surface area contributed by atoms with Gasteiger partial charge in [0, 0.05) is 36.1 Å². The summed E-state index contributed by atoms with van der Waals surface area (Å²) >= 11 is 1.05. The molecule has 3 heterocycles. The summed E-state index contributed by atoms with van der Waals surface area (Å²) in [6.45, 7) is 12.5. The molecule has 1 saturated carbocycles. The summed E-state index contributed by atoms with van der Waals surface area (Å²) in [5, 5.41) is 6.85. The van der Waals surface area contributed by atoms with Crippen molar-refractivity contribution in [1.29, 1.82) is 0 Å². The quantitative estimate of drug-likeness (QED) is 0.0893. The third-order valence-corrected chi connectivity index (χ3v) is 11.1. The molecule has 0 radical (unpaired) electrons. The van der Waals surface area contributed by atoms with Gasteiger partial charge < -0.3 is 24.1 Å². The smallest absolute Gasteiger partial charge is 0.304 e. The summed E-state index contributed by atoms with van der Waals surface area (Å²) in [6, 6.07) is 7.56. The molecule has 14 heteroatoms. The maximum absolute atomic E-state index is 13.5. The van der Waals surface area contributed by atoms with Gasteiger partial charge in [0.2, 0.25) is 0 Å². The fourth-order valence-electron chi connectivity index (χ4n) is 6.01. The lowest BCUT2D eigenvalue weighted by Crippen LogP contribution is -2.40. The largest absolute Gasteiger partial charge is 0.382 e. The van der Waals surface area contributed by atoms with E-state index in [1.165, 1.54) is 0 Å². The van der Waals surface area contributed by atoms with Crippen molar-refractivity contribution < 1.29 is 36.5 Å². The Labute approximate surface area is 294 Å². The van der Waals surface area contributed by atoms with Gasteiger partial charge in [0.05, 0.1) is 26.4 Å². The van der Waals surface area contributed by atoms with Gasteiger partial charge in [-0.3, -0.25) is 19.2 Å². The number of aliphatic imine (C=N–C) groups is 1. The van der Waals surface area contributed by atoms with E-state index in [1.54, 1.807) is 13.2 Å². The third kappa shape index (κ3) is 9.77. The van der Waals surface area contributed by atoms with Crippen molar-refractivity contribution in [1.82, 2.24) is 10.1 Å². The van der Waals surface area contributed by atoms with E-state index < -0.39 is 15.7 Å². The Kier molecular flexibility index (Phi) is 14.0. The molecule has 0 saturated heterocycles. The van der Waals surface area contributed by atoms with Crippen LogP contribution in [0.1, 0.15) is 86.1 Å². The normalized spacial score (nSPS) is 15.5. The third-order valence-electron chi connectivity index (χ3n) is 8.73. The van der Waals surface area contributed by atoms with Crippen molar-refractivity contribution in [2.24, 2.45) is 4.99 Å². The van der Waals surface area contributed by atoms with Gasteiger partial charge in [-0.15, -0.1) is 11.3 Å². The molecule has 1 aliphatic carbocycles. The van der Waals surface area contributed by atoms with E-state index in [0.29, 0.717) is 50.8 Å². The van der Waals surface area contributed by atoms with Gasteiger partial charge in [-0.05, 0) is 69.7 Å². The predicted molar refractivity (Wildman–Crippen MR) is 191 cm³/mol. The highest BCUT2D eigenvalue weighted by atomic mass is 32.3. The number of aromatic nitrogens is 1. The average Bonchev–Trinajstić information content (AvgIpc) is 3.84. The summed E-state index contributed by atoms with van der Waals surface area (Å²) in [6.07, 6.45) is 6.53. The maximum Gasteiger partial charge on any atom is 0.304 e. The highest BCUT2D eigenvalue weighted by Gasteiger charge is 2.49. The van der Waals surface area contributed by atoms with Crippen LogP contribution in [-0.2, 0) is 42.3 Å². The lowest BCUT2D eigenvalue weighted by atomic mass is 9.97. The molecule has 1 amide bonds. The number of nitrogens with zero attached hydrogens (tertiary/aromatic N) is 3. The number of aryl methyl sites for hydroxylation is 2. The number of hydrogen-bond acceptors (Lipinski definition) is 11. The van der Waals surface area contributed by atoms with E-state index in [9.17, 15) is 17.8 Å². The van der Waals surface area contributed by atoms with Gasteiger partial charge >= 0.3 is 10.1 Å². The van der Waals surface area contributed by atoms with Crippen LogP contribution in [-0.4, -0.2) is 74.0 Å². The standard InChI is InChI=1S/C26H34N2O5S2.C9H16N2O3/c1-4-6-9-23-27-26(12-7-8-13-26)25(29)28(23)16-19-10-11-21(20(15-19)17-33-5-2)22-14-18(3)34-24(22)35(30,31)32;1-7-8(2)14-11-9(7)10-6-13-5-4-12-3/h10-11,14-15H,4-9,12-13,16-17H2,1-3H3,(H,30,31,32);4-6H2,1-3H3,(H,10,11). The lowest BCUT2D eigenvalue weighted by Gasteiger charge is -2.23. The Bertz CT molecular complexity index is 1690. The Morgan fingerprint density at radius 3 is 2.47 bits per heavy atom. The number of unbranched alkanes of at least 4 members (excludes halogenated alkanes) is 1. The molecule has 270 valence electrons. The second kappa shape index (κ2) is 17.7.